The molecule has 100 valence electrons. The van der Waals surface area contributed by atoms with Crippen LogP contribution in [0.15, 0.2) is 41.8 Å². The lowest BCUT2D eigenvalue weighted by atomic mass is 10.1. The summed E-state index contributed by atoms with van der Waals surface area (Å²) in [6, 6.07) is 11.7. The first-order chi connectivity index (χ1) is 9.20. The summed E-state index contributed by atoms with van der Waals surface area (Å²) in [5.41, 5.74) is 1.64. The Hall–Kier alpha value is -1.65. The van der Waals surface area contributed by atoms with Crippen LogP contribution in [0.2, 0.25) is 0 Å². The molecule has 0 bridgehead atoms. The summed E-state index contributed by atoms with van der Waals surface area (Å²) < 4.78 is 4.81. The van der Waals surface area contributed by atoms with Gasteiger partial charge in [0.15, 0.2) is 0 Å². The van der Waals surface area contributed by atoms with E-state index in [1.165, 1.54) is 12.0 Å². The third-order valence-corrected chi connectivity index (χ3v) is 3.73. The number of methoxy groups -OCH3 is 1. The molecule has 0 atom stereocenters. The predicted molar refractivity (Wildman–Crippen MR) is 77.3 cm³/mol. The molecule has 0 spiro atoms. The molecule has 0 amide bonds. The third-order valence-electron chi connectivity index (χ3n) is 2.87. The standard InChI is InChI=1S/C15H17NO2S/c1-16(11-13-7-5-9-19-13)10-12-6-3-4-8-14(12)15(17)18-2/h3-9H,10-11H2,1-2H3. The number of thiophene rings is 1. The first-order valence-electron chi connectivity index (χ1n) is 6.08. The molecular formula is C15H17NO2S. The van der Waals surface area contributed by atoms with Crippen LogP contribution in [0.5, 0.6) is 0 Å². The summed E-state index contributed by atoms with van der Waals surface area (Å²) in [6.07, 6.45) is 0. The highest BCUT2D eigenvalue weighted by Gasteiger charge is 2.12. The van der Waals surface area contributed by atoms with E-state index in [0.29, 0.717) is 5.56 Å². The van der Waals surface area contributed by atoms with Crippen molar-refractivity contribution in [3.05, 3.63) is 57.8 Å². The molecule has 0 aliphatic heterocycles. The molecule has 0 saturated heterocycles. The normalized spacial score (nSPS) is 10.7. The van der Waals surface area contributed by atoms with Gasteiger partial charge in [0, 0.05) is 18.0 Å². The van der Waals surface area contributed by atoms with Crippen molar-refractivity contribution in [3.8, 4) is 0 Å². The minimum Gasteiger partial charge on any atom is -0.465 e. The zero-order valence-corrected chi connectivity index (χ0v) is 11.9. The van der Waals surface area contributed by atoms with Gasteiger partial charge >= 0.3 is 5.97 Å². The molecule has 0 saturated carbocycles. The summed E-state index contributed by atoms with van der Waals surface area (Å²) in [5, 5.41) is 2.07. The average Bonchev–Trinajstić information content (AvgIpc) is 2.91. The number of ether oxygens (including phenoxy) is 1. The van der Waals surface area contributed by atoms with E-state index < -0.39 is 0 Å². The van der Waals surface area contributed by atoms with Crippen LogP contribution in [0.3, 0.4) is 0 Å². The zero-order valence-electron chi connectivity index (χ0n) is 11.1. The summed E-state index contributed by atoms with van der Waals surface area (Å²) >= 11 is 1.74. The van der Waals surface area contributed by atoms with Crippen LogP contribution in [0, 0.1) is 0 Å². The molecule has 3 nitrogen and oxygen atoms in total. The smallest absolute Gasteiger partial charge is 0.338 e. The maximum atomic E-state index is 11.7. The molecule has 0 aliphatic rings. The minimum atomic E-state index is -0.278. The highest BCUT2D eigenvalue weighted by Crippen LogP contribution is 2.16. The minimum absolute atomic E-state index is 0.278. The van der Waals surface area contributed by atoms with Gasteiger partial charge in [-0.2, -0.15) is 0 Å². The highest BCUT2D eigenvalue weighted by atomic mass is 32.1. The van der Waals surface area contributed by atoms with Gasteiger partial charge in [-0.3, -0.25) is 4.90 Å². The number of rotatable bonds is 5. The van der Waals surface area contributed by atoms with Crippen LogP contribution < -0.4 is 0 Å². The van der Waals surface area contributed by atoms with Crippen molar-refractivity contribution in [1.82, 2.24) is 4.90 Å². The number of hydrogen-bond donors (Lipinski definition) is 0. The van der Waals surface area contributed by atoms with Crippen molar-refractivity contribution in [2.45, 2.75) is 13.1 Å². The maximum absolute atomic E-state index is 11.7. The van der Waals surface area contributed by atoms with E-state index >= 15 is 0 Å². The molecule has 2 aromatic rings. The number of nitrogens with zero attached hydrogens (tertiary/aromatic N) is 1. The molecule has 0 radical (unpaired) electrons. The number of benzene rings is 1. The Bertz CT molecular complexity index is 537. The van der Waals surface area contributed by atoms with Gasteiger partial charge in [-0.25, -0.2) is 4.79 Å². The number of esters is 1. The van der Waals surface area contributed by atoms with Crippen molar-refractivity contribution in [3.63, 3.8) is 0 Å². The zero-order chi connectivity index (χ0) is 13.7. The fraction of sp³-hybridized carbons (Fsp3) is 0.267. The van der Waals surface area contributed by atoms with Gasteiger partial charge in [-0.05, 0) is 30.1 Å². The van der Waals surface area contributed by atoms with Gasteiger partial charge in [-0.15, -0.1) is 11.3 Å². The molecule has 1 aromatic carbocycles. The predicted octanol–water partition coefficient (Wildman–Crippen LogP) is 3.17. The van der Waals surface area contributed by atoms with E-state index in [9.17, 15) is 4.79 Å². The van der Waals surface area contributed by atoms with Gasteiger partial charge < -0.3 is 4.74 Å². The summed E-state index contributed by atoms with van der Waals surface area (Å²) in [7, 11) is 3.46. The van der Waals surface area contributed by atoms with Crippen LogP contribution in [0.1, 0.15) is 20.8 Å². The summed E-state index contributed by atoms with van der Waals surface area (Å²) in [4.78, 5) is 15.2. The van der Waals surface area contributed by atoms with Crippen molar-refractivity contribution in [2.24, 2.45) is 0 Å². The highest BCUT2D eigenvalue weighted by molar-refractivity contribution is 7.09. The topological polar surface area (TPSA) is 29.5 Å². The number of hydrogen-bond acceptors (Lipinski definition) is 4. The van der Waals surface area contributed by atoms with Crippen molar-refractivity contribution in [2.75, 3.05) is 14.2 Å². The van der Waals surface area contributed by atoms with Crippen LogP contribution in [-0.2, 0) is 17.8 Å². The Morgan fingerprint density at radius 2 is 2.00 bits per heavy atom. The van der Waals surface area contributed by atoms with E-state index in [0.717, 1.165) is 18.7 Å². The number of carbonyl (C=O) groups excluding carboxylic acids is 1. The molecule has 4 heteroatoms. The monoisotopic (exact) mass is 275 g/mol. The van der Waals surface area contributed by atoms with E-state index in [2.05, 4.69) is 22.4 Å². The lowest BCUT2D eigenvalue weighted by Gasteiger charge is -2.17. The fourth-order valence-corrected chi connectivity index (χ4v) is 2.77. The van der Waals surface area contributed by atoms with Crippen molar-refractivity contribution < 1.29 is 9.53 Å². The van der Waals surface area contributed by atoms with Gasteiger partial charge in [0.1, 0.15) is 0 Å². The van der Waals surface area contributed by atoms with E-state index in [1.807, 2.05) is 25.2 Å². The average molecular weight is 275 g/mol. The molecular weight excluding hydrogens is 258 g/mol. The maximum Gasteiger partial charge on any atom is 0.338 e. The second-order valence-corrected chi connectivity index (χ2v) is 5.43. The second-order valence-electron chi connectivity index (χ2n) is 4.40. The van der Waals surface area contributed by atoms with Gasteiger partial charge in [0.2, 0.25) is 0 Å². The quantitative estimate of drug-likeness (QED) is 0.785. The Morgan fingerprint density at radius 3 is 2.68 bits per heavy atom. The molecule has 0 fully saturated rings. The Labute approximate surface area is 117 Å². The van der Waals surface area contributed by atoms with E-state index in [-0.39, 0.29) is 5.97 Å². The van der Waals surface area contributed by atoms with Gasteiger partial charge in [-0.1, -0.05) is 24.3 Å². The first-order valence-corrected chi connectivity index (χ1v) is 6.96. The Morgan fingerprint density at radius 1 is 1.21 bits per heavy atom. The van der Waals surface area contributed by atoms with E-state index in [1.54, 1.807) is 17.4 Å². The first kappa shape index (κ1) is 13.8. The molecule has 0 unspecified atom stereocenters. The summed E-state index contributed by atoms with van der Waals surface area (Å²) in [6.45, 7) is 1.61. The Balaban J connectivity index is 2.08. The lowest BCUT2D eigenvalue weighted by Crippen LogP contribution is -2.18. The van der Waals surface area contributed by atoms with Crippen LogP contribution in [0.4, 0.5) is 0 Å². The molecule has 19 heavy (non-hydrogen) atoms. The van der Waals surface area contributed by atoms with Crippen molar-refractivity contribution >= 4 is 17.3 Å². The SMILES string of the molecule is COC(=O)c1ccccc1CN(C)Cc1cccs1. The van der Waals surface area contributed by atoms with Gasteiger partial charge in [0.05, 0.1) is 12.7 Å². The second kappa shape index (κ2) is 6.50. The number of carbonyl (C=O) groups is 1. The largest absolute Gasteiger partial charge is 0.465 e. The third kappa shape index (κ3) is 3.66. The Kier molecular flexibility index (Phi) is 4.71. The fourth-order valence-electron chi connectivity index (χ4n) is 1.98. The van der Waals surface area contributed by atoms with E-state index in [4.69, 9.17) is 4.74 Å². The molecule has 1 aromatic heterocycles. The molecule has 2 rings (SSSR count). The lowest BCUT2D eigenvalue weighted by molar-refractivity contribution is 0.0598. The molecule has 0 N–H and O–H groups in total. The van der Waals surface area contributed by atoms with Crippen LogP contribution in [0.25, 0.3) is 0 Å². The van der Waals surface area contributed by atoms with Gasteiger partial charge in [0.25, 0.3) is 0 Å². The van der Waals surface area contributed by atoms with Crippen molar-refractivity contribution in [1.29, 1.82) is 0 Å². The molecule has 0 aliphatic carbocycles. The van der Waals surface area contributed by atoms with Crippen LogP contribution in [-0.4, -0.2) is 25.0 Å². The summed E-state index contributed by atoms with van der Waals surface area (Å²) in [5.74, 6) is -0.278. The van der Waals surface area contributed by atoms with Crippen LogP contribution >= 0.6 is 11.3 Å². The molecule has 1 heterocycles.